The normalized spacial score (nSPS) is 11.0. The fraction of sp³-hybridized carbons (Fsp3) is 0.0667. The fourth-order valence-electron chi connectivity index (χ4n) is 2.13. The molecule has 0 atom stereocenters. The Morgan fingerprint density at radius 2 is 2.00 bits per heavy atom. The molecule has 0 saturated carbocycles. The van der Waals surface area contributed by atoms with Gasteiger partial charge in [-0.3, -0.25) is 0 Å². The van der Waals surface area contributed by atoms with E-state index in [-0.39, 0.29) is 0 Å². The lowest BCUT2D eigenvalue weighted by atomic mass is 10.2. The number of nitrogens with zero attached hydrogens (tertiary/aromatic N) is 5. The predicted octanol–water partition coefficient (Wildman–Crippen LogP) is 3.40. The highest BCUT2D eigenvalue weighted by Crippen LogP contribution is 2.24. The highest BCUT2D eigenvalue weighted by molar-refractivity contribution is 9.10. The molecule has 0 saturated heterocycles. The van der Waals surface area contributed by atoms with E-state index in [4.69, 9.17) is 8.94 Å². The molecule has 4 rings (SSSR count). The molecule has 4 aromatic rings. The Kier molecular flexibility index (Phi) is 3.51. The monoisotopic (exact) mass is 371 g/mol. The largest absolute Gasteiger partial charge is 0.461 e. The molecule has 3 heterocycles. The van der Waals surface area contributed by atoms with Gasteiger partial charge >= 0.3 is 0 Å². The molecule has 0 unspecified atom stereocenters. The number of tetrazole rings is 1. The second kappa shape index (κ2) is 5.81. The van der Waals surface area contributed by atoms with E-state index >= 15 is 0 Å². The van der Waals surface area contributed by atoms with Gasteiger partial charge in [-0.15, -0.1) is 10.2 Å². The minimum absolute atomic E-state index is 0.363. The summed E-state index contributed by atoms with van der Waals surface area (Å²) in [6.45, 7) is 0.363. The molecule has 0 N–H and O–H groups in total. The molecule has 0 bridgehead atoms. The molecule has 3 aromatic heterocycles. The number of furan rings is 1. The molecular weight excluding hydrogens is 362 g/mol. The number of rotatable bonds is 4. The van der Waals surface area contributed by atoms with Crippen LogP contribution in [0.3, 0.4) is 0 Å². The smallest absolute Gasteiger partial charge is 0.206 e. The summed E-state index contributed by atoms with van der Waals surface area (Å²) in [7, 11) is 0. The van der Waals surface area contributed by atoms with Crippen molar-refractivity contribution in [2.45, 2.75) is 6.54 Å². The predicted molar refractivity (Wildman–Crippen MR) is 84.3 cm³/mol. The van der Waals surface area contributed by atoms with Crippen LogP contribution in [0.4, 0.5) is 0 Å². The van der Waals surface area contributed by atoms with Gasteiger partial charge in [0.2, 0.25) is 11.6 Å². The topological polar surface area (TPSA) is 82.8 Å². The maximum Gasteiger partial charge on any atom is 0.206 e. The molecule has 0 radical (unpaired) electrons. The summed E-state index contributed by atoms with van der Waals surface area (Å²) in [6.07, 6.45) is 1.58. The zero-order valence-electron chi connectivity index (χ0n) is 11.8. The van der Waals surface area contributed by atoms with Crippen LogP contribution in [-0.4, -0.2) is 25.4 Å². The van der Waals surface area contributed by atoms with Crippen LogP contribution < -0.4 is 0 Å². The van der Waals surface area contributed by atoms with Crippen molar-refractivity contribution in [3.8, 4) is 22.9 Å². The third kappa shape index (κ3) is 2.80. The molecule has 0 aliphatic carbocycles. The van der Waals surface area contributed by atoms with Crippen LogP contribution in [0, 0.1) is 0 Å². The van der Waals surface area contributed by atoms with Gasteiger partial charge in [0.25, 0.3) is 0 Å². The van der Waals surface area contributed by atoms with Gasteiger partial charge in [0.05, 0.1) is 6.26 Å². The molecule has 0 fully saturated rings. The van der Waals surface area contributed by atoms with Crippen molar-refractivity contribution >= 4 is 15.9 Å². The minimum atomic E-state index is 0.363. The van der Waals surface area contributed by atoms with E-state index in [0.717, 1.165) is 10.0 Å². The maximum atomic E-state index is 5.27. The van der Waals surface area contributed by atoms with Crippen LogP contribution >= 0.6 is 15.9 Å². The molecule has 0 spiro atoms. The highest BCUT2D eigenvalue weighted by atomic mass is 79.9. The third-order valence-electron chi connectivity index (χ3n) is 3.19. The number of hydrogen-bond acceptors (Lipinski definition) is 6. The van der Waals surface area contributed by atoms with Gasteiger partial charge in [0.15, 0.2) is 5.76 Å². The second-order valence-corrected chi connectivity index (χ2v) is 5.64. The fourth-order valence-corrected chi connectivity index (χ4v) is 2.59. The lowest BCUT2D eigenvalue weighted by Gasteiger charge is -1.97. The van der Waals surface area contributed by atoms with Crippen LogP contribution in [0.5, 0.6) is 0 Å². The Hall–Kier alpha value is -2.74. The first-order chi connectivity index (χ1) is 11.3. The number of aromatic nitrogens is 5. The van der Waals surface area contributed by atoms with Crippen molar-refractivity contribution in [3.63, 3.8) is 0 Å². The molecule has 23 heavy (non-hydrogen) atoms. The summed E-state index contributed by atoms with van der Waals surface area (Å²) in [4.78, 5) is 1.47. The summed E-state index contributed by atoms with van der Waals surface area (Å²) in [6, 6.07) is 13.1. The summed E-state index contributed by atoms with van der Waals surface area (Å²) < 4.78 is 11.4. The minimum Gasteiger partial charge on any atom is -0.461 e. The van der Waals surface area contributed by atoms with Crippen LogP contribution in [0.25, 0.3) is 22.9 Å². The summed E-state index contributed by atoms with van der Waals surface area (Å²) >= 11 is 3.48. The van der Waals surface area contributed by atoms with Crippen molar-refractivity contribution in [3.05, 3.63) is 58.9 Å². The SMILES string of the molecule is Brc1ccccc1-c1nnn(Cc2cc(-c3ccco3)on2)n1. The van der Waals surface area contributed by atoms with Crippen molar-refractivity contribution in [2.24, 2.45) is 0 Å². The molecule has 114 valence electrons. The summed E-state index contributed by atoms with van der Waals surface area (Å²) in [5.74, 6) is 1.74. The van der Waals surface area contributed by atoms with Gasteiger partial charge < -0.3 is 8.94 Å². The first kappa shape index (κ1) is 13.9. The van der Waals surface area contributed by atoms with Crippen LogP contribution in [0.2, 0.25) is 0 Å². The Balaban J connectivity index is 1.55. The Morgan fingerprint density at radius 1 is 1.09 bits per heavy atom. The number of halogens is 1. The van der Waals surface area contributed by atoms with Crippen molar-refractivity contribution in [2.75, 3.05) is 0 Å². The highest BCUT2D eigenvalue weighted by Gasteiger charge is 2.12. The lowest BCUT2D eigenvalue weighted by Crippen LogP contribution is -2.04. The van der Waals surface area contributed by atoms with E-state index in [9.17, 15) is 0 Å². The zero-order valence-corrected chi connectivity index (χ0v) is 13.3. The van der Waals surface area contributed by atoms with Gasteiger partial charge in [-0.2, -0.15) is 4.80 Å². The van der Waals surface area contributed by atoms with Crippen molar-refractivity contribution in [1.82, 2.24) is 25.4 Å². The average Bonchev–Trinajstić information content (AvgIpc) is 3.29. The average molecular weight is 372 g/mol. The van der Waals surface area contributed by atoms with Gasteiger partial charge in [-0.1, -0.05) is 33.2 Å². The van der Waals surface area contributed by atoms with Gasteiger partial charge in [0, 0.05) is 16.1 Å². The molecule has 0 aliphatic rings. The van der Waals surface area contributed by atoms with Gasteiger partial charge in [0.1, 0.15) is 12.2 Å². The van der Waals surface area contributed by atoms with E-state index in [1.807, 2.05) is 30.3 Å². The Labute approximate surface area is 139 Å². The first-order valence-corrected chi connectivity index (χ1v) is 7.61. The third-order valence-corrected chi connectivity index (χ3v) is 3.89. The van der Waals surface area contributed by atoms with E-state index in [1.54, 1.807) is 18.4 Å². The van der Waals surface area contributed by atoms with E-state index in [1.165, 1.54) is 4.80 Å². The van der Waals surface area contributed by atoms with Crippen molar-refractivity contribution in [1.29, 1.82) is 0 Å². The number of hydrogen-bond donors (Lipinski definition) is 0. The Morgan fingerprint density at radius 3 is 2.83 bits per heavy atom. The van der Waals surface area contributed by atoms with Crippen LogP contribution in [0.15, 0.2) is 62.1 Å². The number of benzene rings is 1. The zero-order chi connectivity index (χ0) is 15.6. The summed E-state index contributed by atoms with van der Waals surface area (Å²) in [5, 5.41) is 16.5. The molecule has 0 amide bonds. The standard InChI is InChI=1S/C15H10BrN5O2/c16-12-5-2-1-4-11(12)15-17-20-21(18-15)9-10-8-14(23-19-10)13-6-3-7-22-13/h1-8H,9H2. The van der Waals surface area contributed by atoms with E-state index < -0.39 is 0 Å². The van der Waals surface area contributed by atoms with Crippen molar-refractivity contribution < 1.29 is 8.94 Å². The molecule has 7 nitrogen and oxygen atoms in total. The van der Waals surface area contributed by atoms with E-state index in [0.29, 0.717) is 29.6 Å². The quantitative estimate of drug-likeness (QED) is 0.546. The maximum absolute atomic E-state index is 5.27. The first-order valence-electron chi connectivity index (χ1n) is 6.82. The second-order valence-electron chi connectivity index (χ2n) is 4.78. The summed E-state index contributed by atoms with van der Waals surface area (Å²) in [5.41, 5.74) is 1.57. The van der Waals surface area contributed by atoms with Gasteiger partial charge in [-0.05, 0) is 29.5 Å². The van der Waals surface area contributed by atoms with E-state index in [2.05, 4.69) is 36.5 Å². The Bertz CT molecular complexity index is 929. The molecule has 0 aliphatic heterocycles. The molecule has 8 heteroatoms. The van der Waals surface area contributed by atoms with Crippen LogP contribution in [-0.2, 0) is 6.54 Å². The lowest BCUT2D eigenvalue weighted by molar-refractivity contribution is 0.404. The molecule has 1 aromatic carbocycles. The van der Waals surface area contributed by atoms with Crippen LogP contribution in [0.1, 0.15) is 5.69 Å². The van der Waals surface area contributed by atoms with Gasteiger partial charge in [-0.25, -0.2) is 0 Å². The molecular formula is C15H10BrN5O2.